The van der Waals surface area contributed by atoms with Crippen LogP contribution in [0.2, 0.25) is 0 Å². The molecular weight excluding hydrogens is 533 g/mol. The van der Waals surface area contributed by atoms with Crippen LogP contribution in [0.25, 0.3) is 0 Å². The van der Waals surface area contributed by atoms with Crippen molar-refractivity contribution in [3.8, 4) is 0 Å². The number of likely N-dealkylation sites (tertiary alicyclic amines) is 1. The second-order valence-electron chi connectivity index (χ2n) is 9.46. The number of benzene rings is 1. The molecule has 0 aliphatic carbocycles. The van der Waals surface area contributed by atoms with Gasteiger partial charge in [-0.3, -0.25) is 9.79 Å². The van der Waals surface area contributed by atoms with Gasteiger partial charge in [0.25, 0.3) is 0 Å². The van der Waals surface area contributed by atoms with Crippen molar-refractivity contribution >= 4 is 41.9 Å². The van der Waals surface area contributed by atoms with Gasteiger partial charge in [0, 0.05) is 38.6 Å². The number of carbonyl (C=O) groups excluding carboxylic acids is 2. The summed E-state index contributed by atoms with van der Waals surface area (Å²) in [7, 11) is 1.73. The summed E-state index contributed by atoms with van der Waals surface area (Å²) in [4.78, 5) is 30.8. The second kappa shape index (κ2) is 13.6. The van der Waals surface area contributed by atoms with Crippen LogP contribution in [0, 0.1) is 5.92 Å². The number of nitrogens with one attached hydrogen (secondary N) is 3. The van der Waals surface area contributed by atoms with E-state index in [0.717, 1.165) is 31.5 Å². The Labute approximate surface area is 215 Å². The molecule has 1 saturated heterocycles. The van der Waals surface area contributed by atoms with E-state index in [2.05, 4.69) is 20.9 Å². The molecule has 1 heterocycles. The van der Waals surface area contributed by atoms with Crippen molar-refractivity contribution in [1.29, 1.82) is 0 Å². The fourth-order valence-corrected chi connectivity index (χ4v) is 3.58. The summed E-state index contributed by atoms with van der Waals surface area (Å²) in [6.45, 7) is 11.3. The Kier molecular flexibility index (Phi) is 12.0. The van der Waals surface area contributed by atoms with Gasteiger partial charge in [0.1, 0.15) is 5.60 Å². The summed E-state index contributed by atoms with van der Waals surface area (Å²) in [5.74, 6) is 0.914. The molecule has 186 valence electrons. The first-order valence-corrected chi connectivity index (χ1v) is 11.4. The number of aliphatic imine (C=N–C) groups is 1. The van der Waals surface area contributed by atoms with Crippen molar-refractivity contribution in [2.45, 2.75) is 65.1 Å². The van der Waals surface area contributed by atoms with E-state index in [9.17, 15) is 9.59 Å². The minimum atomic E-state index is -0.567. The number of halogens is 1. The lowest BCUT2D eigenvalue weighted by Crippen LogP contribution is -2.51. The third-order valence-corrected chi connectivity index (χ3v) is 5.23. The molecule has 0 saturated carbocycles. The monoisotopic (exact) mass is 573 g/mol. The van der Waals surface area contributed by atoms with Crippen molar-refractivity contribution in [3.63, 3.8) is 0 Å². The molecule has 1 unspecified atom stereocenters. The van der Waals surface area contributed by atoms with Crippen LogP contribution in [0.15, 0.2) is 35.3 Å². The van der Waals surface area contributed by atoms with Crippen molar-refractivity contribution in [1.82, 2.24) is 20.9 Å². The van der Waals surface area contributed by atoms with Crippen molar-refractivity contribution in [2.75, 3.05) is 26.7 Å². The van der Waals surface area contributed by atoms with Gasteiger partial charge in [-0.05, 0) is 39.2 Å². The SMILES string of the molecule is CN=C(NCC(NC(=O)OC(C)(C)C)c1ccccc1)NC1CCN(C(=O)C(C)C)CC1.I. The van der Waals surface area contributed by atoms with Gasteiger partial charge in [-0.2, -0.15) is 0 Å². The number of hydrogen-bond donors (Lipinski definition) is 3. The Balaban J connectivity index is 0.00000544. The number of nitrogens with zero attached hydrogens (tertiary/aromatic N) is 2. The van der Waals surface area contributed by atoms with Gasteiger partial charge in [-0.1, -0.05) is 44.2 Å². The average Bonchev–Trinajstić information content (AvgIpc) is 2.74. The van der Waals surface area contributed by atoms with Crippen LogP contribution in [0.5, 0.6) is 0 Å². The van der Waals surface area contributed by atoms with Crippen LogP contribution >= 0.6 is 24.0 Å². The zero-order chi connectivity index (χ0) is 23.7. The number of guanidine groups is 1. The lowest BCUT2D eigenvalue weighted by atomic mass is 10.0. The quantitative estimate of drug-likeness (QED) is 0.274. The summed E-state index contributed by atoms with van der Waals surface area (Å²) in [5.41, 5.74) is 0.407. The van der Waals surface area contributed by atoms with E-state index in [0.29, 0.717) is 12.5 Å². The third-order valence-electron chi connectivity index (χ3n) is 5.23. The molecule has 1 fully saturated rings. The highest BCUT2D eigenvalue weighted by atomic mass is 127. The summed E-state index contributed by atoms with van der Waals surface area (Å²) < 4.78 is 5.43. The number of amides is 2. The largest absolute Gasteiger partial charge is 0.444 e. The van der Waals surface area contributed by atoms with Crippen molar-refractivity contribution in [3.05, 3.63) is 35.9 Å². The predicted molar refractivity (Wildman–Crippen MR) is 143 cm³/mol. The lowest BCUT2D eigenvalue weighted by Gasteiger charge is -2.34. The molecule has 2 amide bonds. The van der Waals surface area contributed by atoms with Gasteiger partial charge in [0.15, 0.2) is 5.96 Å². The molecular formula is C24H40IN5O3. The number of carbonyl (C=O) groups is 2. The number of ether oxygens (including phenoxy) is 1. The minimum absolute atomic E-state index is 0. The van der Waals surface area contributed by atoms with Crippen molar-refractivity contribution in [2.24, 2.45) is 10.9 Å². The summed E-state index contributed by atoms with van der Waals surface area (Å²) >= 11 is 0. The van der Waals surface area contributed by atoms with Crippen LogP contribution < -0.4 is 16.0 Å². The fraction of sp³-hybridized carbons (Fsp3) is 0.625. The Hall–Kier alpha value is -2.04. The standard InChI is InChI=1S/C24H39N5O3.HI/c1-17(2)21(30)29-14-12-19(13-15-29)27-22(25-6)26-16-20(18-10-8-7-9-11-18)28-23(31)32-24(3,4)5;/h7-11,17,19-20H,12-16H2,1-6H3,(H,28,31)(H2,25,26,27);1H. The van der Waals surface area contributed by atoms with Gasteiger partial charge in [0.2, 0.25) is 5.91 Å². The van der Waals surface area contributed by atoms with Crippen molar-refractivity contribution < 1.29 is 14.3 Å². The van der Waals surface area contributed by atoms with Gasteiger partial charge >= 0.3 is 6.09 Å². The van der Waals surface area contributed by atoms with E-state index in [-0.39, 0.29) is 47.9 Å². The topological polar surface area (TPSA) is 95.1 Å². The fourth-order valence-electron chi connectivity index (χ4n) is 3.58. The molecule has 1 atom stereocenters. The smallest absolute Gasteiger partial charge is 0.408 e. The molecule has 1 aliphatic rings. The molecule has 2 rings (SSSR count). The maximum atomic E-state index is 12.4. The highest BCUT2D eigenvalue weighted by Gasteiger charge is 2.25. The van der Waals surface area contributed by atoms with Crippen LogP contribution in [0.4, 0.5) is 4.79 Å². The van der Waals surface area contributed by atoms with E-state index in [4.69, 9.17) is 4.74 Å². The lowest BCUT2D eigenvalue weighted by molar-refractivity contribution is -0.135. The molecule has 1 aromatic carbocycles. The highest BCUT2D eigenvalue weighted by Crippen LogP contribution is 2.15. The van der Waals surface area contributed by atoms with Gasteiger partial charge < -0.3 is 25.6 Å². The summed E-state index contributed by atoms with van der Waals surface area (Å²) in [6, 6.07) is 9.74. The van der Waals surface area contributed by atoms with Crippen LogP contribution in [-0.2, 0) is 9.53 Å². The third kappa shape index (κ3) is 10.2. The van der Waals surface area contributed by atoms with E-state index in [1.165, 1.54) is 0 Å². The Bertz CT molecular complexity index is 772. The van der Waals surface area contributed by atoms with Gasteiger partial charge in [-0.25, -0.2) is 4.79 Å². The zero-order valence-electron chi connectivity index (χ0n) is 20.7. The average molecular weight is 574 g/mol. The molecule has 0 spiro atoms. The Morgan fingerprint density at radius 3 is 2.27 bits per heavy atom. The molecule has 0 radical (unpaired) electrons. The Morgan fingerprint density at radius 1 is 1.15 bits per heavy atom. The molecule has 3 N–H and O–H groups in total. The highest BCUT2D eigenvalue weighted by molar-refractivity contribution is 14.0. The summed E-state index contributed by atoms with van der Waals surface area (Å²) in [6.07, 6.45) is 1.28. The maximum absolute atomic E-state index is 12.4. The Morgan fingerprint density at radius 2 is 1.76 bits per heavy atom. The molecule has 1 aliphatic heterocycles. The normalized spacial score (nSPS) is 16.0. The van der Waals surface area contributed by atoms with E-state index in [1.807, 2.05) is 69.9 Å². The van der Waals surface area contributed by atoms with Crippen LogP contribution in [-0.4, -0.2) is 61.2 Å². The first-order valence-electron chi connectivity index (χ1n) is 11.4. The molecule has 0 aromatic heterocycles. The van der Waals surface area contributed by atoms with Gasteiger partial charge in [0.05, 0.1) is 6.04 Å². The maximum Gasteiger partial charge on any atom is 0.408 e. The van der Waals surface area contributed by atoms with E-state index in [1.54, 1.807) is 7.05 Å². The summed E-state index contributed by atoms with van der Waals surface area (Å²) in [5, 5.41) is 9.72. The minimum Gasteiger partial charge on any atom is -0.444 e. The van der Waals surface area contributed by atoms with E-state index >= 15 is 0 Å². The zero-order valence-corrected chi connectivity index (χ0v) is 23.0. The van der Waals surface area contributed by atoms with Gasteiger partial charge in [-0.15, -0.1) is 24.0 Å². The second-order valence-corrected chi connectivity index (χ2v) is 9.46. The predicted octanol–water partition coefficient (Wildman–Crippen LogP) is 3.68. The number of alkyl carbamates (subject to hydrolysis) is 1. The molecule has 9 heteroatoms. The number of hydrogen-bond acceptors (Lipinski definition) is 4. The first kappa shape index (κ1) is 29.0. The molecule has 0 bridgehead atoms. The molecule has 8 nitrogen and oxygen atoms in total. The molecule has 33 heavy (non-hydrogen) atoms. The number of rotatable bonds is 6. The van der Waals surface area contributed by atoms with Crippen LogP contribution in [0.3, 0.4) is 0 Å². The number of piperidine rings is 1. The first-order chi connectivity index (χ1) is 15.1. The van der Waals surface area contributed by atoms with E-state index < -0.39 is 11.7 Å². The van der Waals surface area contributed by atoms with Crippen LogP contribution in [0.1, 0.15) is 59.1 Å². The molecule has 1 aromatic rings.